The summed E-state index contributed by atoms with van der Waals surface area (Å²) in [6, 6.07) is -0.0902. The van der Waals surface area contributed by atoms with Crippen LogP contribution in [0.2, 0.25) is 5.02 Å². The van der Waals surface area contributed by atoms with Gasteiger partial charge < -0.3 is 10.5 Å². The van der Waals surface area contributed by atoms with Crippen LogP contribution < -0.4 is 10.5 Å². The van der Waals surface area contributed by atoms with Crippen molar-refractivity contribution < 1.29 is 22.7 Å². The lowest BCUT2D eigenvalue weighted by atomic mass is 10.1. The molecule has 0 unspecified atom stereocenters. The predicted molar refractivity (Wildman–Crippen MR) is 80.3 cm³/mol. The second-order valence-corrected chi connectivity index (χ2v) is 5.39. The van der Waals surface area contributed by atoms with Crippen LogP contribution in [0.15, 0.2) is 12.3 Å². The highest BCUT2D eigenvalue weighted by atomic mass is 35.5. The van der Waals surface area contributed by atoms with Gasteiger partial charge in [-0.2, -0.15) is 17.9 Å². The summed E-state index contributed by atoms with van der Waals surface area (Å²) in [6.07, 6.45) is -2.69. The van der Waals surface area contributed by atoms with Gasteiger partial charge in [-0.25, -0.2) is 9.78 Å². The summed E-state index contributed by atoms with van der Waals surface area (Å²) < 4.78 is 44.3. The highest BCUT2D eigenvalue weighted by molar-refractivity contribution is 6.31. The minimum atomic E-state index is -4.56. The number of aromatic nitrogens is 3. The van der Waals surface area contributed by atoms with E-state index in [2.05, 4.69) is 10.1 Å². The van der Waals surface area contributed by atoms with E-state index in [1.807, 2.05) is 6.92 Å². The van der Waals surface area contributed by atoms with Crippen LogP contribution in [-0.2, 0) is 12.6 Å². The summed E-state index contributed by atoms with van der Waals surface area (Å²) >= 11 is 5.81. The molecule has 130 valence electrons. The molecule has 0 saturated carbocycles. The van der Waals surface area contributed by atoms with Crippen molar-refractivity contribution >= 4 is 17.6 Å². The van der Waals surface area contributed by atoms with Crippen molar-refractivity contribution in [2.24, 2.45) is 5.73 Å². The molecular weight excluding hydrogens is 349 g/mol. The Morgan fingerprint density at radius 1 is 1.42 bits per heavy atom. The molecule has 24 heavy (non-hydrogen) atoms. The van der Waals surface area contributed by atoms with E-state index in [1.165, 1.54) is 0 Å². The number of rotatable bonds is 4. The third-order valence-corrected chi connectivity index (χ3v) is 3.51. The minimum Gasteiger partial charge on any atom is -0.417 e. The number of nitrogens with zero attached hydrogens (tertiary/aromatic N) is 3. The molecule has 2 rings (SSSR count). The Morgan fingerprint density at radius 3 is 2.58 bits per heavy atom. The van der Waals surface area contributed by atoms with Crippen molar-refractivity contribution in [1.82, 2.24) is 14.8 Å². The first-order valence-electron chi connectivity index (χ1n) is 6.94. The van der Waals surface area contributed by atoms with E-state index in [9.17, 15) is 18.0 Å². The molecule has 0 bridgehead atoms. The Morgan fingerprint density at radius 2 is 2.08 bits per heavy atom. The van der Waals surface area contributed by atoms with E-state index in [-0.39, 0.29) is 16.8 Å². The lowest BCUT2D eigenvalue weighted by molar-refractivity contribution is -0.137. The first-order valence-corrected chi connectivity index (χ1v) is 7.31. The van der Waals surface area contributed by atoms with E-state index >= 15 is 0 Å². The molecule has 2 N–H and O–H groups in total. The zero-order valence-electron chi connectivity index (χ0n) is 12.8. The highest BCUT2D eigenvalue weighted by Gasteiger charge is 2.32. The largest absolute Gasteiger partial charge is 0.417 e. The molecule has 0 atom stereocenters. The third-order valence-electron chi connectivity index (χ3n) is 3.24. The predicted octanol–water partition coefficient (Wildman–Crippen LogP) is 3.93. The molecule has 2 aromatic rings. The number of nitrogens with two attached hydrogens (primary N) is 1. The molecule has 0 aliphatic rings. The fourth-order valence-electron chi connectivity index (χ4n) is 2.09. The Labute approximate surface area is 140 Å². The van der Waals surface area contributed by atoms with Crippen molar-refractivity contribution in [2.45, 2.75) is 32.9 Å². The van der Waals surface area contributed by atoms with Gasteiger partial charge in [-0.05, 0) is 19.4 Å². The van der Waals surface area contributed by atoms with E-state index in [0.29, 0.717) is 29.9 Å². The molecular formula is C14H14ClF3N4O2. The van der Waals surface area contributed by atoms with Gasteiger partial charge in [-0.15, -0.1) is 5.10 Å². The summed E-state index contributed by atoms with van der Waals surface area (Å²) in [6.45, 7) is 3.55. The average molecular weight is 363 g/mol. The second-order valence-electron chi connectivity index (χ2n) is 4.98. The van der Waals surface area contributed by atoms with E-state index in [1.54, 1.807) is 6.92 Å². The van der Waals surface area contributed by atoms with Gasteiger partial charge in [-0.3, -0.25) is 0 Å². The van der Waals surface area contributed by atoms with Crippen LogP contribution in [-0.4, -0.2) is 20.8 Å². The van der Waals surface area contributed by atoms with Gasteiger partial charge >= 0.3 is 12.2 Å². The van der Waals surface area contributed by atoms with Crippen LogP contribution >= 0.6 is 11.6 Å². The number of amides is 1. The zero-order valence-corrected chi connectivity index (χ0v) is 13.6. The fourth-order valence-corrected chi connectivity index (χ4v) is 2.30. The minimum absolute atomic E-state index is 0.0299. The van der Waals surface area contributed by atoms with Gasteiger partial charge in [0.2, 0.25) is 11.8 Å². The molecule has 0 radical (unpaired) electrons. The number of hydrogen-bond acceptors (Lipinski definition) is 4. The van der Waals surface area contributed by atoms with Gasteiger partial charge in [0.15, 0.2) is 0 Å². The molecule has 6 nitrogen and oxygen atoms in total. The highest BCUT2D eigenvalue weighted by Crippen LogP contribution is 2.35. The molecule has 2 aromatic heterocycles. The lowest BCUT2D eigenvalue weighted by Gasteiger charge is -2.09. The SMILES string of the molecule is CCCc1c(Oc2ncc(C(F)(F)F)cc2Cl)nn(C(N)=O)c1C. The summed E-state index contributed by atoms with van der Waals surface area (Å²) in [5, 5.41) is 3.61. The first-order chi connectivity index (χ1) is 11.1. The molecule has 0 spiro atoms. The summed E-state index contributed by atoms with van der Waals surface area (Å²) in [5.41, 5.74) is 5.32. The topological polar surface area (TPSA) is 83.0 Å². The number of hydrogen-bond donors (Lipinski definition) is 1. The van der Waals surface area contributed by atoms with E-state index in [4.69, 9.17) is 22.1 Å². The summed E-state index contributed by atoms with van der Waals surface area (Å²) in [4.78, 5) is 15.0. The van der Waals surface area contributed by atoms with Crippen LogP contribution in [0.3, 0.4) is 0 Å². The molecule has 10 heteroatoms. The number of carbonyl (C=O) groups excluding carboxylic acids is 1. The number of carbonyl (C=O) groups is 1. The Hall–Kier alpha value is -2.29. The number of primary amides is 1. The Kier molecular flexibility index (Phi) is 5.02. The van der Waals surface area contributed by atoms with Crippen LogP contribution in [0.5, 0.6) is 11.8 Å². The zero-order chi connectivity index (χ0) is 18.1. The molecule has 0 fully saturated rings. The summed E-state index contributed by atoms with van der Waals surface area (Å²) in [7, 11) is 0. The number of ether oxygens (including phenoxy) is 1. The van der Waals surface area contributed by atoms with Gasteiger partial charge in [0.05, 0.1) is 11.3 Å². The molecule has 2 heterocycles. The Balaban J connectivity index is 2.41. The average Bonchev–Trinajstić information content (AvgIpc) is 2.78. The molecule has 0 aliphatic heterocycles. The van der Waals surface area contributed by atoms with Gasteiger partial charge in [0.25, 0.3) is 0 Å². The maximum Gasteiger partial charge on any atom is 0.417 e. The second kappa shape index (κ2) is 6.68. The van der Waals surface area contributed by atoms with Gasteiger partial charge in [-0.1, -0.05) is 24.9 Å². The van der Waals surface area contributed by atoms with Crippen molar-refractivity contribution in [2.75, 3.05) is 0 Å². The van der Waals surface area contributed by atoms with E-state index < -0.39 is 17.8 Å². The van der Waals surface area contributed by atoms with Gasteiger partial charge in [0.1, 0.15) is 5.02 Å². The quantitative estimate of drug-likeness (QED) is 0.893. The monoisotopic (exact) mass is 362 g/mol. The molecule has 1 amide bonds. The smallest absolute Gasteiger partial charge is 0.417 e. The maximum atomic E-state index is 12.6. The van der Waals surface area contributed by atoms with Crippen LogP contribution in [0.25, 0.3) is 0 Å². The van der Waals surface area contributed by atoms with Gasteiger partial charge in [0, 0.05) is 11.8 Å². The van der Waals surface area contributed by atoms with Crippen LogP contribution in [0.1, 0.15) is 30.2 Å². The Bertz CT molecular complexity index is 774. The number of pyridine rings is 1. The standard InChI is InChI=1S/C14H14ClF3N4O2/c1-3-4-9-7(2)22(13(19)23)21-11(9)24-12-10(15)5-8(6-20-12)14(16,17)18/h5-6H,3-4H2,1-2H3,(H2,19,23). The van der Waals surface area contributed by atoms with Crippen molar-refractivity contribution in [3.05, 3.63) is 34.1 Å². The van der Waals surface area contributed by atoms with Crippen molar-refractivity contribution in [3.8, 4) is 11.8 Å². The van der Waals surface area contributed by atoms with Crippen molar-refractivity contribution in [1.29, 1.82) is 0 Å². The first kappa shape index (κ1) is 18.1. The molecule has 0 saturated heterocycles. The normalized spacial score (nSPS) is 11.6. The molecule has 0 aromatic carbocycles. The maximum absolute atomic E-state index is 12.6. The summed E-state index contributed by atoms with van der Waals surface area (Å²) in [5.74, 6) is -0.210. The van der Waals surface area contributed by atoms with Crippen LogP contribution in [0.4, 0.5) is 18.0 Å². The van der Waals surface area contributed by atoms with Crippen LogP contribution in [0, 0.1) is 6.92 Å². The van der Waals surface area contributed by atoms with Crippen molar-refractivity contribution in [3.63, 3.8) is 0 Å². The molecule has 0 aliphatic carbocycles. The number of halogens is 4. The third kappa shape index (κ3) is 3.61. The lowest BCUT2D eigenvalue weighted by Crippen LogP contribution is -2.22. The fraction of sp³-hybridized carbons (Fsp3) is 0.357. The number of alkyl halides is 3. The van der Waals surface area contributed by atoms with E-state index in [0.717, 1.165) is 11.1 Å².